The Morgan fingerprint density at radius 2 is 1.80 bits per heavy atom. The average Bonchev–Trinajstić information content (AvgIpc) is 3.23. The maximum absolute atomic E-state index is 12.7. The molecule has 1 amide bonds. The maximum Gasteiger partial charge on any atom is 0.349 e. The molecule has 3 N–H and O–H groups in total. The molecule has 6 nitrogen and oxygen atoms in total. The predicted octanol–water partition coefficient (Wildman–Crippen LogP) is 4.90. The van der Waals surface area contributed by atoms with Crippen LogP contribution in [-0.4, -0.2) is 16.0 Å². The van der Waals surface area contributed by atoms with Crippen LogP contribution >= 0.6 is 0 Å². The molecule has 0 atom stereocenters. The quantitative estimate of drug-likeness (QED) is 0.378. The molecule has 0 saturated heterocycles. The molecular weight excluding hydrogens is 380 g/mol. The Bertz CT molecular complexity index is 1480. The number of aromatic nitrogens is 1. The summed E-state index contributed by atoms with van der Waals surface area (Å²) in [6, 6.07) is 21.5. The molecule has 0 aliphatic carbocycles. The molecule has 3 aromatic carbocycles. The van der Waals surface area contributed by atoms with E-state index in [9.17, 15) is 14.7 Å². The van der Waals surface area contributed by atoms with Gasteiger partial charge >= 0.3 is 5.63 Å². The van der Waals surface area contributed by atoms with Crippen molar-refractivity contribution in [2.24, 2.45) is 0 Å². The van der Waals surface area contributed by atoms with Crippen LogP contribution in [-0.2, 0) is 0 Å². The van der Waals surface area contributed by atoms with Gasteiger partial charge in [0.25, 0.3) is 5.91 Å². The van der Waals surface area contributed by atoms with Crippen molar-refractivity contribution in [1.29, 1.82) is 0 Å². The summed E-state index contributed by atoms with van der Waals surface area (Å²) in [6.45, 7) is 0. The van der Waals surface area contributed by atoms with Crippen LogP contribution in [0.2, 0.25) is 0 Å². The minimum Gasteiger partial charge on any atom is -0.504 e. The molecule has 0 aliphatic heterocycles. The smallest absolute Gasteiger partial charge is 0.349 e. The summed E-state index contributed by atoms with van der Waals surface area (Å²) in [6.07, 6.45) is 1.89. The van der Waals surface area contributed by atoms with Gasteiger partial charge < -0.3 is 19.8 Å². The number of aromatic hydroxyl groups is 1. The molecule has 0 bridgehead atoms. The van der Waals surface area contributed by atoms with Crippen molar-refractivity contribution in [2.75, 3.05) is 5.32 Å². The fourth-order valence-corrected chi connectivity index (χ4v) is 3.59. The first-order valence-corrected chi connectivity index (χ1v) is 9.34. The van der Waals surface area contributed by atoms with Crippen LogP contribution in [0, 0.1) is 0 Å². The second-order valence-electron chi connectivity index (χ2n) is 6.92. The van der Waals surface area contributed by atoms with E-state index in [-0.39, 0.29) is 16.9 Å². The fraction of sp³-hybridized carbons (Fsp3) is 0. The van der Waals surface area contributed by atoms with Gasteiger partial charge in [-0.1, -0.05) is 36.4 Å². The first-order chi connectivity index (χ1) is 14.6. The van der Waals surface area contributed by atoms with Gasteiger partial charge in [0.15, 0.2) is 11.3 Å². The lowest BCUT2D eigenvalue weighted by Crippen LogP contribution is -2.20. The molecule has 2 heterocycles. The SMILES string of the molecule is O=C(Nc1cccc(-c2cccc3[nH]ccc23)c1)c1cc2cccc(O)c2oc1=O. The number of amides is 1. The second-order valence-corrected chi connectivity index (χ2v) is 6.92. The van der Waals surface area contributed by atoms with Gasteiger partial charge in [-0.3, -0.25) is 4.79 Å². The van der Waals surface area contributed by atoms with E-state index < -0.39 is 11.5 Å². The number of para-hydroxylation sites is 1. The van der Waals surface area contributed by atoms with Gasteiger partial charge in [0.05, 0.1) is 0 Å². The minimum absolute atomic E-state index is 0.0562. The number of phenols is 1. The lowest BCUT2D eigenvalue weighted by Gasteiger charge is -2.09. The van der Waals surface area contributed by atoms with E-state index in [1.165, 1.54) is 12.1 Å². The number of hydrogen-bond donors (Lipinski definition) is 3. The number of carbonyl (C=O) groups is 1. The van der Waals surface area contributed by atoms with E-state index >= 15 is 0 Å². The molecule has 0 radical (unpaired) electrons. The van der Waals surface area contributed by atoms with Gasteiger partial charge in [0, 0.05) is 28.2 Å². The fourth-order valence-electron chi connectivity index (χ4n) is 3.59. The third-order valence-corrected chi connectivity index (χ3v) is 5.01. The number of benzene rings is 3. The number of rotatable bonds is 3. The van der Waals surface area contributed by atoms with Gasteiger partial charge in [-0.2, -0.15) is 0 Å². The number of H-pyrrole nitrogens is 1. The zero-order chi connectivity index (χ0) is 20.7. The van der Waals surface area contributed by atoms with Gasteiger partial charge in [0.2, 0.25) is 0 Å². The maximum atomic E-state index is 12.7. The molecule has 5 rings (SSSR count). The van der Waals surface area contributed by atoms with E-state index in [1.807, 2.05) is 48.7 Å². The van der Waals surface area contributed by atoms with Gasteiger partial charge in [-0.25, -0.2) is 4.79 Å². The summed E-state index contributed by atoms with van der Waals surface area (Å²) in [7, 11) is 0. The number of anilines is 1. The van der Waals surface area contributed by atoms with Crippen molar-refractivity contribution >= 4 is 33.5 Å². The summed E-state index contributed by atoms with van der Waals surface area (Å²) in [4.78, 5) is 28.2. The van der Waals surface area contributed by atoms with E-state index in [1.54, 1.807) is 18.2 Å². The van der Waals surface area contributed by atoms with E-state index in [4.69, 9.17) is 4.42 Å². The molecule has 0 fully saturated rings. The molecule has 0 aliphatic rings. The molecule has 0 spiro atoms. The number of carbonyl (C=O) groups excluding carboxylic acids is 1. The average molecular weight is 396 g/mol. The van der Waals surface area contributed by atoms with E-state index in [0.717, 1.165) is 22.0 Å². The zero-order valence-electron chi connectivity index (χ0n) is 15.7. The van der Waals surface area contributed by atoms with Crippen LogP contribution in [0.15, 0.2) is 88.2 Å². The summed E-state index contributed by atoms with van der Waals surface area (Å²) in [5.41, 5.74) is 2.67. The Labute approximate surface area is 170 Å². The first-order valence-electron chi connectivity index (χ1n) is 9.34. The monoisotopic (exact) mass is 396 g/mol. The van der Waals surface area contributed by atoms with E-state index in [2.05, 4.69) is 10.3 Å². The molecule has 6 heteroatoms. The molecule has 30 heavy (non-hydrogen) atoms. The number of fused-ring (bicyclic) bond motifs is 2. The largest absolute Gasteiger partial charge is 0.504 e. The van der Waals surface area contributed by atoms with Crippen LogP contribution in [0.5, 0.6) is 5.75 Å². The Morgan fingerprint density at radius 3 is 2.70 bits per heavy atom. The Balaban J connectivity index is 1.50. The van der Waals surface area contributed by atoms with Crippen molar-refractivity contribution in [2.45, 2.75) is 0 Å². The standard InChI is InChI=1S/C24H16N2O4/c27-21-9-2-5-15-13-19(24(29)30-22(15)21)23(28)26-16-6-1-4-14(12-16)17-7-3-8-20-18(17)10-11-25-20/h1-13,25,27H,(H,26,28). The Hall–Kier alpha value is -4.32. The highest BCUT2D eigenvalue weighted by Gasteiger charge is 2.16. The number of phenolic OH excluding ortho intramolecular Hbond substituents is 1. The van der Waals surface area contributed by atoms with Crippen LogP contribution in [0.4, 0.5) is 5.69 Å². The third-order valence-electron chi connectivity index (χ3n) is 5.01. The van der Waals surface area contributed by atoms with Crippen molar-refractivity contribution in [3.05, 3.63) is 95.0 Å². The van der Waals surface area contributed by atoms with Crippen molar-refractivity contribution < 1.29 is 14.3 Å². The minimum atomic E-state index is -0.810. The molecule has 2 aromatic heterocycles. The lowest BCUT2D eigenvalue weighted by atomic mass is 10.0. The number of nitrogens with one attached hydrogen (secondary N) is 2. The van der Waals surface area contributed by atoms with Crippen molar-refractivity contribution in [3.8, 4) is 16.9 Å². The van der Waals surface area contributed by atoms with Gasteiger partial charge in [-0.05, 0) is 47.5 Å². The Kier molecular flexibility index (Phi) is 4.10. The van der Waals surface area contributed by atoms with Crippen LogP contribution in [0.1, 0.15) is 10.4 Å². The van der Waals surface area contributed by atoms with Gasteiger partial charge in [-0.15, -0.1) is 0 Å². The lowest BCUT2D eigenvalue weighted by molar-refractivity contribution is 0.102. The van der Waals surface area contributed by atoms with Crippen LogP contribution < -0.4 is 10.9 Å². The topological polar surface area (TPSA) is 95.3 Å². The second kappa shape index (κ2) is 6.93. The summed E-state index contributed by atoms with van der Waals surface area (Å²) in [5.74, 6) is -0.728. The van der Waals surface area contributed by atoms with Crippen molar-refractivity contribution in [1.82, 2.24) is 4.98 Å². The zero-order valence-corrected chi connectivity index (χ0v) is 15.7. The first kappa shape index (κ1) is 17.8. The predicted molar refractivity (Wildman–Crippen MR) is 116 cm³/mol. The number of aromatic amines is 1. The normalized spacial score (nSPS) is 11.1. The van der Waals surface area contributed by atoms with Crippen molar-refractivity contribution in [3.63, 3.8) is 0 Å². The summed E-state index contributed by atoms with van der Waals surface area (Å²) in [5, 5.41) is 14.1. The molecule has 0 saturated carbocycles. The van der Waals surface area contributed by atoms with Gasteiger partial charge in [0.1, 0.15) is 5.56 Å². The van der Waals surface area contributed by atoms with E-state index in [0.29, 0.717) is 11.1 Å². The third kappa shape index (κ3) is 3.00. The highest BCUT2D eigenvalue weighted by molar-refractivity contribution is 6.06. The molecule has 0 unspecified atom stereocenters. The summed E-state index contributed by atoms with van der Waals surface area (Å²) < 4.78 is 5.14. The molecule has 146 valence electrons. The number of hydrogen-bond acceptors (Lipinski definition) is 4. The molecular formula is C24H16N2O4. The molecule has 5 aromatic rings. The van der Waals surface area contributed by atoms with Crippen LogP contribution in [0.3, 0.4) is 0 Å². The Morgan fingerprint density at radius 1 is 0.967 bits per heavy atom. The highest BCUT2D eigenvalue weighted by atomic mass is 16.4. The highest BCUT2D eigenvalue weighted by Crippen LogP contribution is 2.30. The van der Waals surface area contributed by atoms with Crippen LogP contribution in [0.25, 0.3) is 33.0 Å². The summed E-state index contributed by atoms with van der Waals surface area (Å²) >= 11 is 0.